The molecule has 2 aromatic rings. The number of aliphatic imine (C=N–C) groups is 1. The number of nitrogens with one attached hydrogen (secondary N) is 2. The van der Waals surface area contributed by atoms with E-state index in [9.17, 15) is 0 Å². The molecule has 1 aromatic carbocycles. The summed E-state index contributed by atoms with van der Waals surface area (Å²) < 4.78 is 5.82. The molecule has 0 atom stereocenters. The van der Waals surface area contributed by atoms with Gasteiger partial charge in [-0.15, -0.1) is 24.0 Å². The van der Waals surface area contributed by atoms with Crippen LogP contribution in [0.2, 0.25) is 0 Å². The second-order valence-electron chi connectivity index (χ2n) is 7.35. The first-order valence-corrected chi connectivity index (χ1v) is 8.83. The summed E-state index contributed by atoms with van der Waals surface area (Å²) in [4.78, 5) is 9.01. The van der Waals surface area contributed by atoms with Gasteiger partial charge in [0.05, 0.1) is 19.3 Å². The number of rotatable bonds is 5. The topological polar surface area (TPSA) is 62.5 Å². The molecule has 6 heteroatoms. The summed E-state index contributed by atoms with van der Waals surface area (Å²) >= 11 is 0. The fraction of sp³-hybridized carbons (Fsp3) is 0.500. The van der Waals surface area contributed by atoms with Gasteiger partial charge >= 0.3 is 0 Å². The predicted molar refractivity (Wildman–Crippen MR) is 118 cm³/mol. The molecule has 0 amide bonds. The van der Waals surface area contributed by atoms with Gasteiger partial charge in [-0.3, -0.25) is 0 Å². The van der Waals surface area contributed by atoms with Crippen molar-refractivity contribution >= 4 is 29.9 Å². The SMILES string of the molecule is CCNC(=NCc1ccc(C)cc1C)NCc1ncc(C(C)(C)C)o1.I. The van der Waals surface area contributed by atoms with Crippen molar-refractivity contribution in [3.8, 4) is 0 Å². The molecule has 0 aliphatic carbocycles. The monoisotopic (exact) mass is 470 g/mol. The molecular weight excluding hydrogens is 439 g/mol. The van der Waals surface area contributed by atoms with E-state index in [2.05, 4.69) is 80.4 Å². The molecule has 0 spiro atoms. The zero-order chi connectivity index (χ0) is 18.4. The molecule has 0 saturated heterocycles. The Bertz CT molecular complexity index is 732. The highest BCUT2D eigenvalue weighted by molar-refractivity contribution is 14.0. The highest BCUT2D eigenvalue weighted by Crippen LogP contribution is 2.22. The maximum absolute atomic E-state index is 5.82. The van der Waals surface area contributed by atoms with E-state index in [0.717, 1.165) is 18.3 Å². The van der Waals surface area contributed by atoms with Crippen LogP contribution in [0.3, 0.4) is 0 Å². The van der Waals surface area contributed by atoms with Crippen LogP contribution < -0.4 is 10.6 Å². The van der Waals surface area contributed by atoms with E-state index in [4.69, 9.17) is 4.42 Å². The smallest absolute Gasteiger partial charge is 0.213 e. The first-order chi connectivity index (χ1) is 11.8. The number of aryl methyl sites for hydroxylation is 2. The third kappa shape index (κ3) is 6.63. The van der Waals surface area contributed by atoms with Crippen molar-refractivity contribution in [2.24, 2.45) is 4.99 Å². The van der Waals surface area contributed by atoms with Gasteiger partial charge in [0.2, 0.25) is 5.89 Å². The Morgan fingerprint density at radius 3 is 2.50 bits per heavy atom. The largest absolute Gasteiger partial charge is 0.443 e. The third-order valence-electron chi connectivity index (χ3n) is 3.95. The van der Waals surface area contributed by atoms with Crippen molar-refractivity contribution in [2.75, 3.05) is 6.54 Å². The van der Waals surface area contributed by atoms with Gasteiger partial charge in [-0.2, -0.15) is 0 Å². The summed E-state index contributed by atoms with van der Waals surface area (Å²) in [5, 5.41) is 6.55. The number of oxazole rings is 1. The molecule has 26 heavy (non-hydrogen) atoms. The summed E-state index contributed by atoms with van der Waals surface area (Å²) in [6.45, 7) is 14.6. The Hall–Kier alpha value is -1.57. The molecule has 144 valence electrons. The number of hydrogen-bond donors (Lipinski definition) is 2. The van der Waals surface area contributed by atoms with Gasteiger partial charge in [0.25, 0.3) is 0 Å². The highest BCUT2D eigenvalue weighted by Gasteiger charge is 2.19. The number of guanidine groups is 1. The summed E-state index contributed by atoms with van der Waals surface area (Å²) in [5.41, 5.74) is 3.73. The maximum atomic E-state index is 5.82. The number of nitrogens with zero attached hydrogens (tertiary/aromatic N) is 2. The molecule has 0 aliphatic rings. The Kier molecular flexibility index (Phi) is 8.59. The van der Waals surface area contributed by atoms with Crippen LogP contribution in [-0.2, 0) is 18.5 Å². The van der Waals surface area contributed by atoms with Crippen LogP contribution in [0, 0.1) is 13.8 Å². The number of aromatic nitrogens is 1. The average Bonchev–Trinajstić information content (AvgIpc) is 3.00. The minimum Gasteiger partial charge on any atom is -0.443 e. The molecule has 1 aromatic heterocycles. The predicted octanol–water partition coefficient (Wildman–Crippen LogP) is 4.46. The molecule has 0 radical (unpaired) electrons. The summed E-state index contributed by atoms with van der Waals surface area (Å²) in [6.07, 6.45) is 1.80. The van der Waals surface area contributed by atoms with E-state index >= 15 is 0 Å². The van der Waals surface area contributed by atoms with Crippen molar-refractivity contribution in [1.29, 1.82) is 0 Å². The lowest BCUT2D eigenvalue weighted by atomic mass is 9.94. The molecular formula is C20H31IN4O. The molecule has 2 rings (SSSR count). The van der Waals surface area contributed by atoms with Gasteiger partial charge in [-0.25, -0.2) is 9.98 Å². The van der Waals surface area contributed by atoms with E-state index < -0.39 is 0 Å². The molecule has 0 aliphatic heterocycles. The highest BCUT2D eigenvalue weighted by atomic mass is 127. The number of hydrogen-bond acceptors (Lipinski definition) is 3. The first-order valence-electron chi connectivity index (χ1n) is 8.83. The molecule has 1 heterocycles. The number of halogens is 1. The molecule has 0 fully saturated rings. The van der Waals surface area contributed by atoms with Crippen molar-refractivity contribution < 1.29 is 4.42 Å². The van der Waals surface area contributed by atoms with Crippen molar-refractivity contribution in [3.05, 3.63) is 52.7 Å². The van der Waals surface area contributed by atoms with E-state index in [1.54, 1.807) is 6.20 Å². The minimum absolute atomic E-state index is 0. The molecule has 0 saturated carbocycles. The Morgan fingerprint density at radius 2 is 1.92 bits per heavy atom. The van der Waals surface area contributed by atoms with Crippen LogP contribution in [0.25, 0.3) is 0 Å². The normalized spacial score (nSPS) is 11.8. The van der Waals surface area contributed by atoms with Crippen molar-refractivity contribution in [3.63, 3.8) is 0 Å². The van der Waals surface area contributed by atoms with E-state index in [1.807, 2.05) is 0 Å². The van der Waals surface area contributed by atoms with Crippen LogP contribution >= 0.6 is 24.0 Å². The molecule has 2 N–H and O–H groups in total. The summed E-state index contributed by atoms with van der Waals surface area (Å²) in [6, 6.07) is 6.45. The van der Waals surface area contributed by atoms with E-state index in [0.29, 0.717) is 19.0 Å². The van der Waals surface area contributed by atoms with Crippen LogP contribution in [0.1, 0.15) is 56.0 Å². The van der Waals surface area contributed by atoms with Crippen molar-refractivity contribution in [1.82, 2.24) is 15.6 Å². The van der Waals surface area contributed by atoms with Gasteiger partial charge in [0.15, 0.2) is 5.96 Å². The lowest BCUT2D eigenvalue weighted by Gasteiger charge is -2.13. The molecule has 0 bridgehead atoms. The quantitative estimate of drug-likeness (QED) is 0.385. The van der Waals surface area contributed by atoms with Gasteiger partial charge in [-0.05, 0) is 31.9 Å². The molecule has 5 nitrogen and oxygen atoms in total. The summed E-state index contributed by atoms with van der Waals surface area (Å²) in [5.74, 6) is 2.32. The lowest BCUT2D eigenvalue weighted by molar-refractivity contribution is 0.379. The Labute approximate surface area is 174 Å². The Morgan fingerprint density at radius 1 is 1.19 bits per heavy atom. The standard InChI is InChI=1S/C20H30N4O.HI/c1-7-21-19(23-11-16-9-8-14(2)10-15(16)3)24-13-18-22-12-17(25-18)20(4,5)6;/h8-10,12H,7,11,13H2,1-6H3,(H2,21,23,24);1H. The lowest BCUT2D eigenvalue weighted by Crippen LogP contribution is -2.36. The maximum Gasteiger partial charge on any atom is 0.213 e. The van der Waals surface area contributed by atoms with Crippen LogP contribution in [0.4, 0.5) is 0 Å². The van der Waals surface area contributed by atoms with Gasteiger partial charge < -0.3 is 15.1 Å². The van der Waals surface area contributed by atoms with Gasteiger partial charge in [0, 0.05) is 12.0 Å². The Balaban J connectivity index is 0.00000338. The second kappa shape index (κ2) is 9.94. The number of benzene rings is 1. The van der Waals surface area contributed by atoms with E-state index in [1.165, 1.54) is 16.7 Å². The van der Waals surface area contributed by atoms with Crippen LogP contribution in [0.5, 0.6) is 0 Å². The second-order valence-corrected chi connectivity index (χ2v) is 7.35. The van der Waals surface area contributed by atoms with E-state index in [-0.39, 0.29) is 29.4 Å². The zero-order valence-corrected chi connectivity index (χ0v) is 19.0. The van der Waals surface area contributed by atoms with Gasteiger partial charge in [-0.1, -0.05) is 44.5 Å². The zero-order valence-electron chi connectivity index (χ0n) is 16.6. The van der Waals surface area contributed by atoms with Crippen molar-refractivity contribution in [2.45, 2.75) is 60.0 Å². The average molecular weight is 470 g/mol. The minimum atomic E-state index is -0.0349. The fourth-order valence-corrected chi connectivity index (χ4v) is 2.43. The fourth-order valence-electron chi connectivity index (χ4n) is 2.43. The third-order valence-corrected chi connectivity index (χ3v) is 3.95. The van der Waals surface area contributed by atoms with Crippen LogP contribution in [0.15, 0.2) is 33.8 Å². The van der Waals surface area contributed by atoms with Crippen LogP contribution in [-0.4, -0.2) is 17.5 Å². The first kappa shape index (κ1) is 22.5. The summed E-state index contributed by atoms with van der Waals surface area (Å²) in [7, 11) is 0. The van der Waals surface area contributed by atoms with Gasteiger partial charge in [0.1, 0.15) is 5.76 Å². The molecule has 0 unspecified atom stereocenters.